The highest BCUT2D eigenvalue weighted by Crippen LogP contribution is 2.49. The van der Waals surface area contributed by atoms with Gasteiger partial charge in [0.15, 0.2) is 32.3 Å². The highest BCUT2D eigenvalue weighted by molar-refractivity contribution is 6.72. The fourth-order valence-corrected chi connectivity index (χ4v) is 6.34. The van der Waals surface area contributed by atoms with E-state index in [2.05, 4.69) is 13.8 Å². The maximum absolute atomic E-state index is 14.0. The van der Waals surface area contributed by atoms with Crippen LogP contribution < -0.4 is 14.4 Å². The van der Waals surface area contributed by atoms with Gasteiger partial charge in [0, 0.05) is 19.2 Å². The molecule has 4 rings (SSSR count). The van der Waals surface area contributed by atoms with E-state index in [0.29, 0.717) is 35.9 Å². The van der Waals surface area contributed by atoms with Gasteiger partial charge in [-0.1, -0.05) is 13.8 Å². The number of ether oxygens (including phenoxy) is 4. The molecule has 2 unspecified atom stereocenters. The van der Waals surface area contributed by atoms with Crippen LogP contribution in [0.3, 0.4) is 0 Å². The molecule has 4 atom stereocenters. The monoisotopic (exact) mass is 520 g/mol. The van der Waals surface area contributed by atoms with Crippen LogP contribution in [-0.4, -0.2) is 76.3 Å². The van der Waals surface area contributed by atoms with Gasteiger partial charge in [-0.3, -0.25) is 14.5 Å². The zero-order valence-electron chi connectivity index (χ0n) is 22.3. The Morgan fingerprint density at radius 1 is 1.17 bits per heavy atom. The number of benzene rings is 1. The van der Waals surface area contributed by atoms with Gasteiger partial charge in [-0.2, -0.15) is 0 Å². The highest BCUT2D eigenvalue weighted by atomic mass is 28.4. The largest absolute Gasteiger partial charge is 0.493 e. The second kappa shape index (κ2) is 10.3. The van der Waals surface area contributed by atoms with Crippen LogP contribution in [0.1, 0.15) is 56.3 Å². The topological polar surface area (TPSA) is 97.8 Å². The number of carbonyl (C=O) groups is 2. The lowest BCUT2D eigenvalue weighted by Crippen LogP contribution is -2.54. The van der Waals surface area contributed by atoms with Crippen molar-refractivity contribution < 1.29 is 33.3 Å². The summed E-state index contributed by atoms with van der Waals surface area (Å²) in [6, 6.07) is 2.93. The molecule has 0 radical (unpaired) electrons. The third kappa shape index (κ3) is 4.88. The number of methoxy groups -OCH3 is 2. The zero-order chi connectivity index (χ0) is 26.3. The summed E-state index contributed by atoms with van der Waals surface area (Å²) < 4.78 is 23.4. The Morgan fingerprint density at radius 3 is 2.44 bits per heavy atom. The summed E-state index contributed by atoms with van der Waals surface area (Å²) >= 11 is 0. The quantitative estimate of drug-likeness (QED) is 0.412. The molecule has 0 aliphatic carbocycles. The van der Waals surface area contributed by atoms with Crippen LogP contribution in [0.25, 0.3) is 0 Å². The Balaban J connectivity index is 1.81. The van der Waals surface area contributed by atoms with Gasteiger partial charge in [0.05, 0.1) is 31.5 Å². The molecule has 3 aliphatic rings. The molecule has 0 aromatic heterocycles. The molecule has 9 nitrogen and oxygen atoms in total. The second-order valence-electron chi connectivity index (χ2n) is 11.2. The SMILES string of the molecule is COc1cc2c(cc1OC)N(C=O)C(OC1CCCCO1)[C@@H]1[C@@H](CC(C)(C)[Si](C)(C)O)CCN1C2=O. The minimum atomic E-state index is -2.50. The van der Waals surface area contributed by atoms with Gasteiger partial charge >= 0.3 is 0 Å². The van der Waals surface area contributed by atoms with Crippen molar-refractivity contribution in [3.8, 4) is 11.5 Å². The molecule has 2 saturated heterocycles. The summed E-state index contributed by atoms with van der Waals surface area (Å²) in [6.07, 6.45) is 3.72. The summed E-state index contributed by atoms with van der Waals surface area (Å²) in [4.78, 5) is 41.0. The maximum atomic E-state index is 14.0. The van der Waals surface area contributed by atoms with Crippen molar-refractivity contribution in [2.24, 2.45) is 5.92 Å². The van der Waals surface area contributed by atoms with E-state index in [9.17, 15) is 14.4 Å². The molecule has 0 spiro atoms. The van der Waals surface area contributed by atoms with Crippen LogP contribution in [0, 0.1) is 5.92 Å². The number of amides is 2. The van der Waals surface area contributed by atoms with Crippen LogP contribution in [-0.2, 0) is 14.3 Å². The van der Waals surface area contributed by atoms with Crippen LogP contribution >= 0.6 is 0 Å². The maximum Gasteiger partial charge on any atom is 0.256 e. The minimum absolute atomic E-state index is 0.0389. The fourth-order valence-electron chi connectivity index (χ4n) is 5.58. The molecule has 200 valence electrons. The molecule has 1 aromatic carbocycles. The van der Waals surface area contributed by atoms with Gasteiger partial charge < -0.3 is 28.6 Å². The van der Waals surface area contributed by atoms with E-state index in [4.69, 9.17) is 18.9 Å². The van der Waals surface area contributed by atoms with Crippen molar-refractivity contribution in [3.05, 3.63) is 17.7 Å². The molecule has 1 N–H and O–H groups in total. The Bertz CT molecular complexity index is 974. The van der Waals surface area contributed by atoms with Gasteiger partial charge in [-0.25, -0.2) is 0 Å². The van der Waals surface area contributed by atoms with E-state index >= 15 is 0 Å². The number of carbonyl (C=O) groups excluding carboxylic acids is 2. The lowest BCUT2D eigenvalue weighted by atomic mass is 9.88. The third-order valence-electron chi connectivity index (χ3n) is 8.39. The van der Waals surface area contributed by atoms with E-state index in [1.807, 2.05) is 18.0 Å². The lowest BCUT2D eigenvalue weighted by Gasteiger charge is -2.42. The molecular formula is C26H40N2O7Si. The van der Waals surface area contributed by atoms with Crippen molar-refractivity contribution in [1.29, 1.82) is 0 Å². The predicted molar refractivity (Wildman–Crippen MR) is 138 cm³/mol. The van der Waals surface area contributed by atoms with Crippen molar-refractivity contribution in [2.45, 2.75) is 82.6 Å². The van der Waals surface area contributed by atoms with Crippen LogP contribution in [0.15, 0.2) is 12.1 Å². The number of fused-ring (bicyclic) bond motifs is 2. The molecule has 2 amide bonds. The van der Waals surface area contributed by atoms with Crippen LogP contribution in [0.2, 0.25) is 18.1 Å². The smallest absolute Gasteiger partial charge is 0.256 e. The van der Waals surface area contributed by atoms with Gasteiger partial charge in [0.2, 0.25) is 6.41 Å². The first-order valence-electron chi connectivity index (χ1n) is 12.8. The number of anilines is 1. The fraction of sp³-hybridized carbons (Fsp3) is 0.692. The third-order valence-corrected chi connectivity index (χ3v) is 11.9. The number of nitrogens with zero attached hydrogens (tertiary/aromatic N) is 2. The van der Waals surface area contributed by atoms with Crippen molar-refractivity contribution in [1.82, 2.24) is 4.90 Å². The van der Waals surface area contributed by atoms with E-state index < -0.39 is 20.8 Å². The Kier molecular flexibility index (Phi) is 7.71. The number of rotatable bonds is 8. The lowest BCUT2D eigenvalue weighted by molar-refractivity contribution is -0.198. The molecular weight excluding hydrogens is 480 g/mol. The molecule has 0 saturated carbocycles. The summed E-state index contributed by atoms with van der Waals surface area (Å²) in [7, 11) is 0.541. The van der Waals surface area contributed by atoms with Gasteiger partial charge in [0.25, 0.3) is 5.91 Å². The second-order valence-corrected chi connectivity index (χ2v) is 15.7. The Labute approximate surface area is 214 Å². The molecule has 3 aliphatic heterocycles. The van der Waals surface area contributed by atoms with Crippen LogP contribution in [0.4, 0.5) is 5.69 Å². The van der Waals surface area contributed by atoms with E-state index in [0.717, 1.165) is 38.5 Å². The van der Waals surface area contributed by atoms with Crippen molar-refractivity contribution in [3.63, 3.8) is 0 Å². The van der Waals surface area contributed by atoms with Crippen LogP contribution in [0.5, 0.6) is 11.5 Å². The zero-order valence-corrected chi connectivity index (χ0v) is 23.3. The standard InChI is InChI=1S/C26H40N2O7Si/c1-26(2,36(5,6)31)15-17-10-11-27-23(17)25(35-22-9-7-8-12-34-22)28(16-29)19-14-21(33-4)20(32-3)13-18(19)24(27)30/h13-14,16-17,22-23,25,31H,7-12,15H2,1-6H3/t17-,22?,23+,25?/m1/s1. The first kappa shape index (κ1) is 26.9. The van der Waals surface area contributed by atoms with Crippen molar-refractivity contribution in [2.75, 3.05) is 32.3 Å². The highest BCUT2D eigenvalue weighted by Gasteiger charge is 2.52. The van der Waals surface area contributed by atoms with E-state index in [1.165, 1.54) is 19.1 Å². The number of hydrogen-bond donors (Lipinski definition) is 1. The van der Waals surface area contributed by atoms with Gasteiger partial charge in [-0.15, -0.1) is 0 Å². The molecule has 36 heavy (non-hydrogen) atoms. The van der Waals surface area contributed by atoms with Crippen molar-refractivity contribution >= 4 is 26.3 Å². The molecule has 1 aromatic rings. The normalized spacial score (nSPS) is 26.8. The summed E-state index contributed by atoms with van der Waals surface area (Å²) in [5, 5.41) is -0.291. The summed E-state index contributed by atoms with van der Waals surface area (Å²) in [5.41, 5.74) is 0.801. The predicted octanol–water partition coefficient (Wildman–Crippen LogP) is 3.75. The first-order chi connectivity index (χ1) is 17.0. The Hall–Kier alpha value is -2.14. The molecule has 2 fully saturated rings. The molecule has 3 heterocycles. The number of hydrogen-bond acceptors (Lipinski definition) is 7. The summed E-state index contributed by atoms with van der Waals surface area (Å²) in [5.74, 6) is 0.722. The van der Waals surface area contributed by atoms with Gasteiger partial charge in [-0.05, 0) is 62.2 Å². The molecule has 0 bridgehead atoms. The van der Waals surface area contributed by atoms with E-state index in [-0.39, 0.29) is 22.9 Å². The minimum Gasteiger partial charge on any atom is -0.493 e. The van der Waals surface area contributed by atoms with E-state index in [1.54, 1.807) is 12.1 Å². The summed E-state index contributed by atoms with van der Waals surface area (Å²) in [6.45, 7) is 9.25. The van der Waals surface area contributed by atoms with Gasteiger partial charge in [0.1, 0.15) is 0 Å². The molecule has 10 heteroatoms. The average Bonchev–Trinajstić information content (AvgIpc) is 3.21. The first-order valence-corrected chi connectivity index (χ1v) is 15.8. The average molecular weight is 521 g/mol. The Morgan fingerprint density at radius 2 is 1.86 bits per heavy atom.